The Morgan fingerprint density at radius 3 is 2.27 bits per heavy atom. The van der Waals surface area contributed by atoms with Gasteiger partial charge in [0.1, 0.15) is 5.82 Å². The largest absolute Gasteiger partial charge is 0.279 e. The number of sulfonamides is 1. The molecule has 0 aliphatic carbocycles. The Kier molecular flexibility index (Phi) is 5.19. The number of hydrogen-bond acceptors (Lipinski definition) is 2. The number of halogens is 1. The summed E-state index contributed by atoms with van der Waals surface area (Å²) in [6.07, 6.45) is 3.49. The van der Waals surface area contributed by atoms with E-state index in [4.69, 9.17) is 0 Å². The highest BCUT2D eigenvalue weighted by atomic mass is 32.2. The molecule has 0 aliphatic heterocycles. The Morgan fingerprint density at radius 2 is 1.58 bits per heavy atom. The van der Waals surface area contributed by atoms with Gasteiger partial charge in [0.05, 0.1) is 10.6 Å². The molecule has 0 fully saturated rings. The van der Waals surface area contributed by atoms with Crippen molar-refractivity contribution in [3.63, 3.8) is 0 Å². The van der Waals surface area contributed by atoms with E-state index >= 15 is 0 Å². The van der Waals surface area contributed by atoms with E-state index in [2.05, 4.69) is 4.72 Å². The van der Waals surface area contributed by atoms with Crippen LogP contribution in [0.3, 0.4) is 0 Å². The third-order valence-corrected chi connectivity index (χ3v) is 5.23. The minimum Gasteiger partial charge on any atom is -0.279 e. The molecule has 0 saturated heterocycles. The molecule has 0 aliphatic rings. The smallest absolute Gasteiger partial charge is 0.261 e. The fourth-order valence-electron chi connectivity index (χ4n) is 2.44. The summed E-state index contributed by atoms with van der Waals surface area (Å²) in [5.41, 5.74) is 2.67. The van der Waals surface area contributed by atoms with Gasteiger partial charge in [-0.2, -0.15) is 0 Å². The third-order valence-electron chi connectivity index (χ3n) is 3.84. The summed E-state index contributed by atoms with van der Waals surface area (Å²) < 4.78 is 41.4. The highest BCUT2D eigenvalue weighted by Crippen LogP contribution is 2.23. The van der Waals surface area contributed by atoms with Crippen LogP contribution in [0.15, 0.2) is 77.7 Å². The van der Waals surface area contributed by atoms with Crippen molar-refractivity contribution in [3.05, 3.63) is 95.3 Å². The van der Waals surface area contributed by atoms with Crippen molar-refractivity contribution in [2.45, 2.75) is 11.8 Å². The van der Waals surface area contributed by atoms with E-state index in [1.54, 1.807) is 36.4 Å². The van der Waals surface area contributed by atoms with E-state index in [1.165, 1.54) is 18.2 Å². The van der Waals surface area contributed by atoms with Crippen molar-refractivity contribution in [2.75, 3.05) is 4.72 Å². The summed E-state index contributed by atoms with van der Waals surface area (Å²) in [5, 5.41) is 0. The number of benzene rings is 3. The standard InChI is InChI=1S/C21H18FNO2S/c1-16-7-12-20(13-8-16)26(24,25)23-21-14-11-19(22)15-18(21)10-9-17-5-3-2-4-6-17/h2-15,23H,1H3/b10-9+. The molecule has 0 heterocycles. The van der Waals surface area contributed by atoms with Crippen molar-refractivity contribution >= 4 is 27.9 Å². The quantitative estimate of drug-likeness (QED) is 0.637. The van der Waals surface area contributed by atoms with Crippen LogP contribution in [0.25, 0.3) is 12.2 Å². The Labute approximate surface area is 152 Å². The van der Waals surface area contributed by atoms with Gasteiger partial charge < -0.3 is 0 Å². The molecule has 5 heteroatoms. The Morgan fingerprint density at radius 1 is 0.885 bits per heavy atom. The van der Waals surface area contributed by atoms with Crippen LogP contribution in [0.4, 0.5) is 10.1 Å². The zero-order valence-electron chi connectivity index (χ0n) is 14.2. The number of aryl methyl sites for hydroxylation is 1. The first-order chi connectivity index (χ1) is 12.4. The van der Waals surface area contributed by atoms with E-state index < -0.39 is 15.8 Å². The zero-order chi connectivity index (χ0) is 18.6. The average molecular weight is 367 g/mol. The molecule has 0 saturated carbocycles. The Hall–Kier alpha value is -2.92. The second-order valence-electron chi connectivity index (χ2n) is 5.89. The second-order valence-corrected chi connectivity index (χ2v) is 7.58. The van der Waals surface area contributed by atoms with Gasteiger partial charge in [0.25, 0.3) is 10.0 Å². The molecule has 0 bridgehead atoms. The fraction of sp³-hybridized carbons (Fsp3) is 0.0476. The van der Waals surface area contributed by atoms with E-state index in [9.17, 15) is 12.8 Å². The minimum atomic E-state index is -3.75. The normalized spacial score (nSPS) is 11.6. The molecule has 3 aromatic carbocycles. The average Bonchev–Trinajstić information content (AvgIpc) is 2.63. The molecule has 0 amide bonds. The van der Waals surface area contributed by atoms with Crippen LogP contribution in [-0.2, 0) is 10.0 Å². The maximum Gasteiger partial charge on any atom is 0.261 e. The van der Waals surface area contributed by atoms with Crippen molar-refractivity contribution in [2.24, 2.45) is 0 Å². The summed E-state index contributed by atoms with van der Waals surface area (Å²) in [7, 11) is -3.75. The van der Waals surface area contributed by atoms with Gasteiger partial charge in [0, 0.05) is 5.56 Å². The van der Waals surface area contributed by atoms with Gasteiger partial charge >= 0.3 is 0 Å². The molecule has 3 rings (SSSR count). The number of hydrogen-bond donors (Lipinski definition) is 1. The Balaban J connectivity index is 1.93. The lowest BCUT2D eigenvalue weighted by Gasteiger charge is -2.11. The molecule has 26 heavy (non-hydrogen) atoms. The van der Waals surface area contributed by atoms with Crippen molar-refractivity contribution in [1.29, 1.82) is 0 Å². The maximum atomic E-state index is 13.7. The van der Waals surface area contributed by atoms with E-state index in [1.807, 2.05) is 37.3 Å². The number of nitrogens with one attached hydrogen (secondary N) is 1. The van der Waals surface area contributed by atoms with Crippen LogP contribution in [0.5, 0.6) is 0 Å². The first-order valence-electron chi connectivity index (χ1n) is 8.06. The summed E-state index contributed by atoms with van der Waals surface area (Å²) in [6, 6.07) is 20.0. The lowest BCUT2D eigenvalue weighted by molar-refractivity contribution is 0.601. The molecule has 1 N–H and O–H groups in total. The molecule has 0 unspecified atom stereocenters. The molecular formula is C21H18FNO2S. The summed E-state index contributed by atoms with van der Waals surface area (Å²) >= 11 is 0. The predicted octanol–water partition coefficient (Wildman–Crippen LogP) is 5.11. The lowest BCUT2D eigenvalue weighted by atomic mass is 10.1. The van der Waals surface area contributed by atoms with Crippen molar-refractivity contribution in [1.82, 2.24) is 0 Å². The van der Waals surface area contributed by atoms with E-state index in [0.29, 0.717) is 11.3 Å². The molecule has 0 atom stereocenters. The summed E-state index contributed by atoms with van der Waals surface area (Å²) in [6.45, 7) is 1.89. The van der Waals surface area contributed by atoms with Crippen LogP contribution >= 0.6 is 0 Å². The molecule has 3 aromatic rings. The fourth-order valence-corrected chi connectivity index (χ4v) is 3.52. The first-order valence-corrected chi connectivity index (χ1v) is 9.54. The minimum absolute atomic E-state index is 0.158. The van der Waals surface area contributed by atoms with Gasteiger partial charge in [-0.3, -0.25) is 4.72 Å². The monoisotopic (exact) mass is 367 g/mol. The molecule has 0 spiro atoms. The van der Waals surface area contributed by atoms with Crippen molar-refractivity contribution in [3.8, 4) is 0 Å². The second kappa shape index (κ2) is 7.54. The highest BCUT2D eigenvalue weighted by molar-refractivity contribution is 7.92. The topological polar surface area (TPSA) is 46.2 Å². The van der Waals surface area contributed by atoms with Gasteiger partial charge in [0.15, 0.2) is 0 Å². The summed E-state index contributed by atoms with van der Waals surface area (Å²) in [4.78, 5) is 0.158. The number of rotatable bonds is 5. The zero-order valence-corrected chi connectivity index (χ0v) is 15.0. The predicted molar refractivity (Wildman–Crippen MR) is 104 cm³/mol. The lowest BCUT2D eigenvalue weighted by Crippen LogP contribution is -2.13. The van der Waals surface area contributed by atoms with Gasteiger partial charge in [-0.1, -0.05) is 60.2 Å². The van der Waals surface area contributed by atoms with Crippen molar-refractivity contribution < 1.29 is 12.8 Å². The van der Waals surface area contributed by atoms with Crippen LogP contribution in [-0.4, -0.2) is 8.42 Å². The molecule has 0 aromatic heterocycles. The maximum absolute atomic E-state index is 13.7. The van der Waals surface area contributed by atoms with Crippen LogP contribution < -0.4 is 4.72 Å². The number of anilines is 1. The Bertz CT molecular complexity index is 1030. The molecule has 3 nitrogen and oxygen atoms in total. The van der Waals surface area contributed by atoms with E-state index in [-0.39, 0.29) is 4.90 Å². The summed E-state index contributed by atoms with van der Waals surface area (Å²) in [5.74, 6) is -0.434. The highest BCUT2D eigenvalue weighted by Gasteiger charge is 2.15. The molecule has 132 valence electrons. The molecular weight excluding hydrogens is 349 g/mol. The van der Waals surface area contributed by atoms with E-state index in [0.717, 1.165) is 11.1 Å². The van der Waals surface area contributed by atoms with Gasteiger partial charge in [0.2, 0.25) is 0 Å². The van der Waals surface area contributed by atoms with Crippen LogP contribution in [0.1, 0.15) is 16.7 Å². The third kappa shape index (κ3) is 4.37. The SMILES string of the molecule is Cc1ccc(S(=O)(=O)Nc2ccc(F)cc2/C=C/c2ccccc2)cc1. The van der Waals surface area contributed by atoms with Gasteiger partial charge in [-0.25, -0.2) is 12.8 Å². The molecule has 0 radical (unpaired) electrons. The van der Waals surface area contributed by atoms with Crippen LogP contribution in [0.2, 0.25) is 0 Å². The van der Waals surface area contributed by atoms with Crippen LogP contribution in [0, 0.1) is 12.7 Å². The van der Waals surface area contributed by atoms with Gasteiger partial charge in [-0.05, 0) is 42.8 Å². The van der Waals surface area contributed by atoms with Gasteiger partial charge in [-0.15, -0.1) is 0 Å². The first kappa shape index (κ1) is 17.9.